The van der Waals surface area contributed by atoms with Crippen molar-refractivity contribution in [1.82, 2.24) is 4.90 Å². The first-order chi connectivity index (χ1) is 5.77. The van der Waals surface area contributed by atoms with Crippen molar-refractivity contribution in [2.24, 2.45) is 5.92 Å². The van der Waals surface area contributed by atoms with E-state index in [4.69, 9.17) is 9.84 Å². The van der Waals surface area contributed by atoms with Gasteiger partial charge in [-0.1, -0.05) is 0 Å². The topological polar surface area (TPSA) is 49.8 Å². The molecule has 0 bridgehead atoms. The second kappa shape index (κ2) is 4.42. The molecule has 1 saturated heterocycles. The maximum Gasteiger partial charge on any atom is 0.248 e. The molecule has 0 aromatic rings. The molecule has 1 heterocycles. The number of ether oxygens (including phenoxy) is 1. The van der Waals surface area contributed by atoms with Crippen molar-refractivity contribution in [3.05, 3.63) is 0 Å². The molecule has 12 heavy (non-hydrogen) atoms. The summed E-state index contributed by atoms with van der Waals surface area (Å²) < 4.78 is 4.73. The fourth-order valence-corrected chi connectivity index (χ4v) is 1.42. The van der Waals surface area contributed by atoms with Gasteiger partial charge in [0.25, 0.3) is 0 Å². The quantitative estimate of drug-likeness (QED) is 0.624. The zero-order valence-electron chi connectivity index (χ0n) is 7.32. The summed E-state index contributed by atoms with van der Waals surface area (Å²) in [5.41, 5.74) is 0. The van der Waals surface area contributed by atoms with Gasteiger partial charge in [-0.3, -0.25) is 4.79 Å². The molecule has 1 rings (SSSR count). The number of hydrogen-bond donors (Lipinski definition) is 1. The van der Waals surface area contributed by atoms with Gasteiger partial charge in [0.1, 0.15) is 6.61 Å². The van der Waals surface area contributed by atoms with Gasteiger partial charge in [0.15, 0.2) is 0 Å². The summed E-state index contributed by atoms with van der Waals surface area (Å²) >= 11 is 0. The lowest BCUT2D eigenvalue weighted by Crippen LogP contribution is -2.31. The van der Waals surface area contributed by atoms with E-state index < -0.39 is 0 Å². The Morgan fingerprint density at radius 2 is 2.50 bits per heavy atom. The molecular weight excluding hydrogens is 158 g/mol. The van der Waals surface area contributed by atoms with E-state index >= 15 is 0 Å². The number of methoxy groups -OCH3 is 1. The van der Waals surface area contributed by atoms with Crippen molar-refractivity contribution in [2.45, 2.75) is 6.42 Å². The summed E-state index contributed by atoms with van der Waals surface area (Å²) in [4.78, 5) is 13.0. The largest absolute Gasteiger partial charge is 0.396 e. The molecule has 1 atom stereocenters. The van der Waals surface area contributed by atoms with E-state index in [0.717, 1.165) is 13.0 Å². The minimum Gasteiger partial charge on any atom is -0.396 e. The van der Waals surface area contributed by atoms with Crippen LogP contribution in [0, 0.1) is 5.92 Å². The van der Waals surface area contributed by atoms with Crippen LogP contribution in [0.1, 0.15) is 6.42 Å². The number of nitrogens with zero attached hydrogens (tertiary/aromatic N) is 1. The number of aliphatic hydroxyl groups excluding tert-OH is 1. The van der Waals surface area contributed by atoms with Gasteiger partial charge in [-0.2, -0.15) is 0 Å². The Kier molecular flexibility index (Phi) is 3.49. The van der Waals surface area contributed by atoms with Crippen LogP contribution in [0.15, 0.2) is 0 Å². The van der Waals surface area contributed by atoms with Crippen LogP contribution in [0.4, 0.5) is 0 Å². The maximum atomic E-state index is 11.2. The van der Waals surface area contributed by atoms with Crippen molar-refractivity contribution in [3.8, 4) is 0 Å². The van der Waals surface area contributed by atoms with Gasteiger partial charge in [-0.15, -0.1) is 0 Å². The van der Waals surface area contributed by atoms with E-state index in [1.807, 2.05) is 0 Å². The van der Waals surface area contributed by atoms with E-state index in [9.17, 15) is 4.79 Å². The fraction of sp³-hybridized carbons (Fsp3) is 0.875. The summed E-state index contributed by atoms with van der Waals surface area (Å²) in [5, 5.41) is 8.83. The Balaban J connectivity index is 2.31. The normalized spacial score (nSPS) is 23.2. The second-order valence-electron chi connectivity index (χ2n) is 3.11. The Bertz CT molecular complexity index is 160. The predicted molar refractivity (Wildman–Crippen MR) is 43.6 cm³/mol. The summed E-state index contributed by atoms with van der Waals surface area (Å²) in [7, 11) is 1.51. The third-order valence-corrected chi connectivity index (χ3v) is 2.16. The van der Waals surface area contributed by atoms with Crippen molar-refractivity contribution in [3.63, 3.8) is 0 Å². The van der Waals surface area contributed by atoms with Gasteiger partial charge >= 0.3 is 0 Å². The molecule has 4 nitrogen and oxygen atoms in total. The van der Waals surface area contributed by atoms with Crippen LogP contribution in [0.5, 0.6) is 0 Å². The highest BCUT2D eigenvalue weighted by Crippen LogP contribution is 2.14. The molecule has 1 aliphatic rings. The first-order valence-corrected chi connectivity index (χ1v) is 4.15. The number of aliphatic hydroxyl groups is 1. The summed E-state index contributed by atoms with van der Waals surface area (Å²) in [5.74, 6) is 0.291. The number of carbonyl (C=O) groups is 1. The van der Waals surface area contributed by atoms with Crippen LogP contribution in [-0.2, 0) is 9.53 Å². The predicted octanol–water partition coefficient (Wildman–Crippen LogP) is -0.526. The highest BCUT2D eigenvalue weighted by Gasteiger charge is 2.24. The molecule has 0 spiro atoms. The average Bonchev–Trinajstić information content (AvgIpc) is 2.52. The van der Waals surface area contributed by atoms with Gasteiger partial charge in [-0.25, -0.2) is 0 Å². The van der Waals surface area contributed by atoms with Crippen LogP contribution >= 0.6 is 0 Å². The number of hydrogen-bond acceptors (Lipinski definition) is 3. The van der Waals surface area contributed by atoms with Crippen LogP contribution in [0.25, 0.3) is 0 Å². The molecule has 1 fully saturated rings. The third kappa shape index (κ3) is 2.19. The van der Waals surface area contributed by atoms with E-state index in [0.29, 0.717) is 6.54 Å². The molecule has 0 saturated carbocycles. The maximum absolute atomic E-state index is 11.2. The smallest absolute Gasteiger partial charge is 0.248 e. The zero-order valence-corrected chi connectivity index (χ0v) is 7.32. The van der Waals surface area contributed by atoms with Crippen LogP contribution in [0.2, 0.25) is 0 Å². The van der Waals surface area contributed by atoms with Crippen molar-refractivity contribution >= 4 is 5.91 Å². The number of carbonyl (C=O) groups excluding carboxylic acids is 1. The molecule has 0 unspecified atom stereocenters. The highest BCUT2D eigenvalue weighted by atomic mass is 16.5. The monoisotopic (exact) mass is 173 g/mol. The lowest BCUT2D eigenvalue weighted by atomic mass is 10.1. The lowest BCUT2D eigenvalue weighted by Gasteiger charge is -2.14. The molecule has 1 N–H and O–H groups in total. The van der Waals surface area contributed by atoms with Crippen LogP contribution in [-0.4, -0.2) is 49.3 Å². The molecule has 0 aromatic carbocycles. The first kappa shape index (κ1) is 9.48. The zero-order chi connectivity index (χ0) is 8.97. The molecule has 0 radical (unpaired) electrons. The van der Waals surface area contributed by atoms with E-state index in [1.54, 1.807) is 4.90 Å². The highest BCUT2D eigenvalue weighted by molar-refractivity contribution is 5.77. The molecule has 1 amide bonds. The van der Waals surface area contributed by atoms with E-state index in [2.05, 4.69) is 0 Å². The SMILES string of the molecule is COCC(=O)N1CC[C@@H](CO)C1. The molecule has 4 heteroatoms. The average molecular weight is 173 g/mol. The third-order valence-electron chi connectivity index (χ3n) is 2.16. The fourth-order valence-electron chi connectivity index (χ4n) is 1.42. The van der Waals surface area contributed by atoms with Gasteiger partial charge < -0.3 is 14.7 Å². The molecule has 70 valence electrons. The van der Waals surface area contributed by atoms with Gasteiger partial charge in [0.05, 0.1) is 0 Å². The Morgan fingerprint density at radius 3 is 3.00 bits per heavy atom. The van der Waals surface area contributed by atoms with Crippen molar-refractivity contribution in [2.75, 3.05) is 33.4 Å². The van der Waals surface area contributed by atoms with Crippen LogP contribution < -0.4 is 0 Å². The van der Waals surface area contributed by atoms with Gasteiger partial charge in [0, 0.05) is 32.7 Å². The minimum atomic E-state index is 0.0217. The lowest BCUT2D eigenvalue weighted by molar-refractivity contribution is -0.134. The van der Waals surface area contributed by atoms with Crippen LogP contribution in [0.3, 0.4) is 0 Å². The van der Waals surface area contributed by atoms with Gasteiger partial charge in [0.2, 0.25) is 5.91 Å². The van der Waals surface area contributed by atoms with E-state index in [1.165, 1.54) is 7.11 Å². The minimum absolute atomic E-state index is 0.0217. The summed E-state index contributed by atoms with van der Waals surface area (Å²) in [6.45, 7) is 1.76. The Hall–Kier alpha value is -0.610. The van der Waals surface area contributed by atoms with E-state index in [-0.39, 0.29) is 25.0 Å². The van der Waals surface area contributed by atoms with Crippen molar-refractivity contribution in [1.29, 1.82) is 0 Å². The number of amides is 1. The van der Waals surface area contributed by atoms with Crippen molar-refractivity contribution < 1.29 is 14.6 Å². The number of rotatable bonds is 3. The Labute approximate surface area is 72.1 Å². The number of likely N-dealkylation sites (tertiary alicyclic amines) is 1. The standard InChI is InChI=1S/C8H15NO3/c1-12-6-8(11)9-3-2-7(4-9)5-10/h7,10H,2-6H2,1H3/t7-/m1/s1. The summed E-state index contributed by atoms with van der Waals surface area (Å²) in [6.07, 6.45) is 0.909. The first-order valence-electron chi connectivity index (χ1n) is 4.15. The van der Waals surface area contributed by atoms with Gasteiger partial charge in [-0.05, 0) is 6.42 Å². The molecule has 1 aliphatic heterocycles. The summed E-state index contributed by atoms with van der Waals surface area (Å²) in [6, 6.07) is 0. The molecular formula is C8H15NO3. The molecule has 0 aromatic heterocycles. The molecule has 0 aliphatic carbocycles. The Morgan fingerprint density at radius 1 is 1.75 bits per heavy atom. The second-order valence-corrected chi connectivity index (χ2v) is 3.11.